The largest absolute Gasteiger partial charge is 0.329 e. The van der Waals surface area contributed by atoms with Gasteiger partial charge in [-0.3, -0.25) is 14.7 Å². The molecule has 0 spiro atoms. The number of amides is 1. The van der Waals surface area contributed by atoms with Crippen molar-refractivity contribution in [1.29, 1.82) is 0 Å². The van der Waals surface area contributed by atoms with Crippen molar-refractivity contribution in [2.75, 3.05) is 5.32 Å². The second-order valence-electron chi connectivity index (χ2n) is 5.50. The van der Waals surface area contributed by atoms with E-state index in [0.29, 0.717) is 11.4 Å². The summed E-state index contributed by atoms with van der Waals surface area (Å²) in [6.45, 7) is 1.85. The van der Waals surface area contributed by atoms with Crippen LogP contribution in [0.2, 0.25) is 0 Å². The molecule has 0 aliphatic heterocycles. The van der Waals surface area contributed by atoms with Crippen LogP contribution in [0.3, 0.4) is 0 Å². The number of hydrogen-bond donors (Lipinski definition) is 3. The number of nitrogens with one attached hydrogen (secondary N) is 3. The van der Waals surface area contributed by atoms with Gasteiger partial charge in [0.1, 0.15) is 5.69 Å². The Morgan fingerprint density at radius 1 is 1.24 bits per heavy atom. The van der Waals surface area contributed by atoms with Crippen molar-refractivity contribution >= 4 is 33.8 Å². The van der Waals surface area contributed by atoms with Crippen LogP contribution in [0.15, 0.2) is 46.8 Å². The van der Waals surface area contributed by atoms with Crippen LogP contribution in [0.25, 0.3) is 22.0 Å². The van der Waals surface area contributed by atoms with Gasteiger partial charge >= 0.3 is 0 Å². The minimum Gasteiger partial charge on any atom is -0.329 e. The normalized spacial score (nSPS) is 10.9. The van der Waals surface area contributed by atoms with Crippen LogP contribution >= 0.6 is 11.3 Å². The minimum absolute atomic E-state index is 0.189. The molecule has 7 nitrogen and oxygen atoms in total. The van der Waals surface area contributed by atoms with Crippen LogP contribution in [0.4, 0.5) is 5.69 Å². The van der Waals surface area contributed by atoms with Crippen LogP contribution in [-0.2, 0) is 0 Å². The van der Waals surface area contributed by atoms with Gasteiger partial charge in [-0.15, -0.1) is 11.3 Å². The molecule has 4 rings (SSSR count). The molecule has 0 fully saturated rings. The number of fused-ring (bicyclic) bond motifs is 1. The summed E-state index contributed by atoms with van der Waals surface area (Å²) in [5.41, 5.74) is 3.11. The fourth-order valence-electron chi connectivity index (χ4n) is 2.60. The first kappa shape index (κ1) is 15.3. The zero-order valence-corrected chi connectivity index (χ0v) is 14.0. The van der Waals surface area contributed by atoms with E-state index in [-0.39, 0.29) is 11.5 Å². The number of carbonyl (C=O) groups excluding carboxylic acids is 1. The first-order chi connectivity index (χ1) is 12.1. The lowest BCUT2D eigenvalue weighted by Crippen LogP contribution is -2.12. The number of aromatic nitrogens is 4. The van der Waals surface area contributed by atoms with Crippen molar-refractivity contribution in [1.82, 2.24) is 20.2 Å². The molecular formula is C17H13N5O2S. The number of hydrogen-bond acceptors (Lipinski definition) is 5. The van der Waals surface area contributed by atoms with Crippen LogP contribution in [-0.4, -0.2) is 26.1 Å². The van der Waals surface area contributed by atoms with Gasteiger partial charge in [-0.1, -0.05) is 0 Å². The van der Waals surface area contributed by atoms with E-state index in [1.807, 2.05) is 19.1 Å². The number of aryl methyl sites for hydroxylation is 1. The summed E-state index contributed by atoms with van der Waals surface area (Å²) < 4.78 is 0. The molecule has 0 saturated heterocycles. The molecule has 0 aliphatic carbocycles. The van der Waals surface area contributed by atoms with Crippen LogP contribution < -0.4 is 10.9 Å². The molecule has 0 atom stereocenters. The summed E-state index contributed by atoms with van der Waals surface area (Å²) in [7, 11) is 0. The SMILES string of the molecule is Cc1nc(C(=O)Nc2cc(-c3cc[nH]c(=O)c3)cc3[nH]ncc23)cs1. The smallest absolute Gasteiger partial charge is 0.275 e. The molecule has 0 aliphatic rings. The average Bonchev–Trinajstić information content (AvgIpc) is 3.23. The quantitative estimate of drug-likeness (QED) is 0.528. The summed E-state index contributed by atoms with van der Waals surface area (Å²) in [6, 6.07) is 7.02. The Hall–Kier alpha value is -3.26. The molecule has 0 radical (unpaired) electrons. The molecule has 8 heteroatoms. The number of thiazole rings is 1. The predicted molar refractivity (Wildman–Crippen MR) is 97.0 cm³/mol. The third-order valence-corrected chi connectivity index (χ3v) is 4.54. The third-order valence-electron chi connectivity index (χ3n) is 3.77. The van der Waals surface area contributed by atoms with Gasteiger partial charge in [0, 0.05) is 23.0 Å². The molecule has 0 bridgehead atoms. The highest BCUT2D eigenvalue weighted by molar-refractivity contribution is 7.09. The van der Waals surface area contributed by atoms with E-state index in [2.05, 4.69) is 25.5 Å². The van der Waals surface area contributed by atoms with Gasteiger partial charge in [0.15, 0.2) is 0 Å². The molecule has 124 valence electrons. The van der Waals surface area contributed by atoms with Gasteiger partial charge in [0.2, 0.25) is 5.56 Å². The Bertz CT molecular complexity index is 1140. The number of rotatable bonds is 3. The van der Waals surface area contributed by atoms with Gasteiger partial charge in [-0.05, 0) is 36.2 Å². The number of pyridine rings is 1. The number of anilines is 1. The highest BCUT2D eigenvalue weighted by Crippen LogP contribution is 2.29. The van der Waals surface area contributed by atoms with E-state index in [0.717, 1.165) is 27.0 Å². The Labute approximate surface area is 145 Å². The summed E-state index contributed by atoms with van der Waals surface area (Å²) in [4.78, 5) is 30.8. The van der Waals surface area contributed by atoms with E-state index in [4.69, 9.17) is 0 Å². The van der Waals surface area contributed by atoms with Gasteiger partial charge in [-0.2, -0.15) is 5.10 Å². The maximum atomic E-state index is 12.4. The second kappa shape index (κ2) is 5.99. The first-order valence-corrected chi connectivity index (χ1v) is 8.38. The lowest BCUT2D eigenvalue weighted by molar-refractivity contribution is 0.102. The summed E-state index contributed by atoms with van der Waals surface area (Å²) in [5.74, 6) is -0.282. The maximum Gasteiger partial charge on any atom is 0.275 e. The zero-order valence-electron chi connectivity index (χ0n) is 13.2. The molecule has 1 aromatic carbocycles. The lowest BCUT2D eigenvalue weighted by atomic mass is 10.0. The molecule has 25 heavy (non-hydrogen) atoms. The molecule has 1 amide bonds. The molecule has 3 N–H and O–H groups in total. The summed E-state index contributed by atoms with van der Waals surface area (Å²) >= 11 is 1.42. The van der Waals surface area contributed by atoms with Gasteiger partial charge < -0.3 is 10.3 Å². The minimum atomic E-state index is -0.282. The average molecular weight is 351 g/mol. The number of aromatic amines is 2. The van der Waals surface area contributed by atoms with Crippen molar-refractivity contribution in [2.24, 2.45) is 0 Å². The Morgan fingerprint density at radius 2 is 2.12 bits per heavy atom. The van der Waals surface area contributed by atoms with E-state index >= 15 is 0 Å². The van der Waals surface area contributed by atoms with Crippen molar-refractivity contribution in [3.63, 3.8) is 0 Å². The summed E-state index contributed by atoms with van der Waals surface area (Å²) in [5, 5.41) is 13.2. The zero-order chi connectivity index (χ0) is 17.4. The first-order valence-electron chi connectivity index (χ1n) is 7.50. The van der Waals surface area contributed by atoms with Crippen LogP contribution in [0.5, 0.6) is 0 Å². The lowest BCUT2D eigenvalue weighted by Gasteiger charge is -2.08. The van der Waals surface area contributed by atoms with Crippen molar-refractivity contribution < 1.29 is 4.79 Å². The van der Waals surface area contributed by atoms with Crippen LogP contribution in [0, 0.1) is 6.92 Å². The molecule has 0 saturated carbocycles. The fourth-order valence-corrected chi connectivity index (χ4v) is 3.19. The van der Waals surface area contributed by atoms with E-state index in [1.54, 1.807) is 23.8 Å². The third kappa shape index (κ3) is 2.94. The fraction of sp³-hybridized carbons (Fsp3) is 0.0588. The number of nitrogens with zero attached hydrogens (tertiary/aromatic N) is 2. The molecule has 4 aromatic rings. The number of carbonyl (C=O) groups is 1. The molecule has 3 heterocycles. The molecular weight excluding hydrogens is 338 g/mol. The van der Waals surface area contributed by atoms with E-state index in [9.17, 15) is 9.59 Å². The topological polar surface area (TPSA) is 104 Å². The van der Waals surface area contributed by atoms with Crippen LogP contribution in [0.1, 0.15) is 15.5 Å². The highest BCUT2D eigenvalue weighted by Gasteiger charge is 2.14. The molecule has 3 aromatic heterocycles. The summed E-state index contributed by atoms with van der Waals surface area (Å²) in [6.07, 6.45) is 3.24. The standard InChI is InChI=1S/C17H13N5O2S/c1-9-20-15(8-25-9)17(24)21-13-4-11(5-14-12(13)7-19-22-14)10-2-3-18-16(23)6-10/h2-8H,1H3,(H,18,23)(H,19,22)(H,21,24). The van der Waals surface area contributed by atoms with Gasteiger partial charge in [-0.25, -0.2) is 4.98 Å². The van der Waals surface area contributed by atoms with Crippen molar-refractivity contribution in [2.45, 2.75) is 6.92 Å². The Balaban J connectivity index is 1.78. The van der Waals surface area contributed by atoms with E-state index < -0.39 is 0 Å². The Kier molecular flexibility index (Phi) is 3.66. The maximum absolute atomic E-state index is 12.4. The second-order valence-corrected chi connectivity index (χ2v) is 6.56. The Morgan fingerprint density at radius 3 is 2.88 bits per heavy atom. The molecule has 0 unspecified atom stereocenters. The monoisotopic (exact) mass is 351 g/mol. The van der Waals surface area contributed by atoms with Crippen molar-refractivity contribution in [3.8, 4) is 11.1 Å². The van der Waals surface area contributed by atoms with Crippen molar-refractivity contribution in [3.05, 3.63) is 63.1 Å². The predicted octanol–water partition coefficient (Wildman–Crippen LogP) is 2.94. The van der Waals surface area contributed by atoms with Gasteiger partial charge in [0.05, 0.1) is 22.4 Å². The van der Waals surface area contributed by atoms with E-state index in [1.165, 1.54) is 17.4 Å². The highest BCUT2D eigenvalue weighted by atomic mass is 32.1. The number of H-pyrrole nitrogens is 2. The van der Waals surface area contributed by atoms with Gasteiger partial charge in [0.25, 0.3) is 5.91 Å². The number of benzene rings is 1.